The van der Waals surface area contributed by atoms with Crippen molar-refractivity contribution in [1.82, 2.24) is 0 Å². The maximum atomic E-state index is 9.84. The van der Waals surface area contributed by atoms with Crippen LogP contribution in [0.25, 0.3) is 0 Å². The summed E-state index contributed by atoms with van der Waals surface area (Å²) in [5.74, 6) is 1.32. The molecule has 1 saturated carbocycles. The number of carbonyl (C=O) groups excluding carboxylic acids is 1. The average Bonchev–Trinajstić information content (AvgIpc) is 2.19. The maximum Gasteiger partial charge on any atom is 0.329 e. The van der Waals surface area contributed by atoms with E-state index in [1.54, 1.807) is 5.92 Å². The van der Waals surface area contributed by atoms with Crippen molar-refractivity contribution in [3.05, 3.63) is 18.6 Å². The van der Waals surface area contributed by atoms with Crippen molar-refractivity contribution in [2.45, 2.75) is 39.0 Å². The largest absolute Gasteiger partial charge is 0.466 e. The van der Waals surface area contributed by atoms with Crippen LogP contribution in [0.2, 0.25) is 0 Å². The molecule has 2 heteroatoms. The van der Waals surface area contributed by atoms with Gasteiger partial charge in [-0.05, 0) is 18.8 Å². The Labute approximate surface area is 81.0 Å². The van der Waals surface area contributed by atoms with E-state index in [1.165, 1.54) is 39.2 Å². The van der Waals surface area contributed by atoms with Crippen LogP contribution in [-0.2, 0) is 9.53 Å². The molecule has 13 heavy (non-hydrogen) atoms. The van der Waals surface area contributed by atoms with Crippen LogP contribution in [0.15, 0.2) is 12.7 Å². The van der Waals surface area contributed by atoms with E-state index in [4.69, 9.17) is 0 Å². The standard InChI is InChI=1S/C7H13.C4H6O2/c1-7-5-3-2-4-6-7;1-3-4(5)6-2/h2-6H2,1H3;3H,1H2,2H3. The first-order valence-corrected chi connectivity index (χ1v) is 4.72. The minimum absolute atomic E-state index is 0.394. The van der Waals surface area contributed by atoms with Gasteiger partial charge in [0.05, 0.1) is 7.11 Å². The Balaban J connectivity index is 0.000000226. The van der Waals surface area contributed by atoms with Gasteiger partial charge in [-0.25, -0.2) is 4.79 Å². The van der Waals surface area contributed by atoms with Gasteiger partial charge in [-0.1, -0.05) is 32.8 Å². The van der Waals surface area contributed by atoms with Crippen LogP contribution < -0.4 is 0 Å². The van der Waals surface area contributed by atoms with Crippen molar-refractivity contribution >= 4 is 5.97 Å². The Bertz CT molecular complexity index is 146. The monoisotopic (exact) mass is 183 g/mol. The number of hydrogen-bond donors (Lipinski definition) is 0. The van der Waals surface area contributed by atoms with Crippen LogP contribution in [-0.4, -0.2) is 13.1 Å². The van der Waals surface area contributed by atoms with E-state index in [2.05, 4.69) is 18.2 Å². The molecule has 0 spiro atoms. The summed E-state index contributed by atoms with van der Waals surface area (Å²) in [5.41, 5.74) is 0. The second-order valence-electron chi connectivity index (χ2n) is 3.25. The van der Waals surface area contributed by atoms with Crippen LogP contribution in [0.4, 0.5) is 0 Å². The van der Waals surface area contributed by atoms with E-state index in [-0.39, 0.29) is 0 Å². The fourth-order valence-electron chi connectivity index (χ4n) is 1.24. The number of hydrogen-bond acceptors (Lipinski definition) is 2. The molecule has 0 aliphatic heterocycles. The zero-order valence-corrected chi connectivity index (χ0v) is 8.64. The van der Waals surface area contributed by atoms with Crippen LogP contribution in [0.3, 0.4) is 0 Å². The summed E-state index contributed by atoms with van der Waals surface area (Å²) in [6.07, 6.45) is 8.29. The van der Waals surface area contributed by atoms with E-state index in [9.17, 15) is 4.79 Å². The Morgan fingerprint density at radius 1 is 1.38 bits per heavy atom. The van der Waals surface area contributed by atoms with E-state index < -0.39 is 5.97 Å². The van der Waals surface area contributed by atoms with E-state index in [0.717, 1.165) is 6.08 Å². The lowest BCUT2D eigenvalue weighted by atomic mass is 9.91. The second kappa shape index (κ2) is 7.84. The highest BCUT2D eigenvalue weighted by Gasteiger charge is 2.06. The topological polar surface area (TPSA) is 26.3 Å². The van der Waals surface area contributed by atoms with Gasteiger partial charge in [-0.2, -0.15) is 0 Å². The zero-order chi connectivity index (χ0) is 10.1. The highest BCUT2D eigenvalue weighted by atomic mass is 16.5. The Kier molecular flexibility index (Phi) is 7.36. The molecule has 2 nitrogen and oxygen atoms in total. The van der Waals surface area contributed by atoms with Gasteiger partial charge in [0.25, 0.3) is 0 Å². The molecule has 75 valence electrons. The SMILES string of the molecule is C=CC(=O)OC.C[C]1CCCCC1. The molecule has 0 aromatic carbocycles. The molecule has 0 bridgehead atoms. The molecule has 1 fully saturated rings. The van der Waals surface area contributed by atoms with Crippen molar-refractivity contribution in [3.63, 3.8) is 0 Å². The second-order valence-corrected chi connectivity index (χ2v) is 3.25. The van der Waals surface area contributed by atoms with Crippen molar-refractivity contribution < 1.29 is 9.53 Å². The lowest BCUT2D eigenvalue weighted by molar-refractivity contribution is -0.134. The third kappa shape index (κ3) is 7.57. The van der Waals surface area contributed by atoms with Gasteiger partial charge < -0.3 is 4.74 Å². The molecule has 0 N–H and O–H groups in total. The van der Waals surface area contributed by atoms with Crippen molar-refractivity contribution in [1.29, 1.82) is 0 Å². The molecular weight excluding hydrogens is 164 g/mol. The Hall–Kier alpha value is -0.790. The van der Waals surface area contributed by atoms with Crippen molar-refractivity contribution in [2.24, 2.45) is 0 Å². The quantitative estimate of drug-likeness (QED) is 0.461. The molecule has 1 aliphatic rings. The number of ether oxygens (including phenoxy) is 1. The third-order valence-corrected chi connectivity index (χ3v) is 2.07. The first-order chi connectivity index (χ1) is 6.20. The van der Waals surface area contributed by atoms with Crippen LogP contribution in [0, 0.1) is 5.92 Å². The van der Waals surface area contributed by atoms with Crippen LogP contribution >= 0.6 is 0 Å². The molecule has 0 amide bonds. The van der Waals surface area contributed by atoms with E-state index in [1.807, 2.05) is 0 Å². The van der Waals surface area contributed by atoms with Crippen LogP contribution in [0.1, 0.15) is 39.0 Å². The van der Waals surface area contributed by atoms with Gasteiger partial charge >= 0.3 is 5.97 Å². The molecule has 1 radical (unpaired) electrons. The maximum absolute atomic E-state index is 9.84. The molecule has 0 saturated heterocycles. The Morgan fingerprint density at radius 2 is 1.92 bits per heavy atom. The summed E-state index contributed by atoms with van der Waals surface area (Å²) < 4.78 is 4.14. The minimum atomic E-state index is -0.394. The zero-order valence-electron chi connectivity index (χ0n) is 8.64. The van der Waals surface area contributed by atoms with E-state index >= 15 is 0 Å². The Morgan fingerprint density at radius 3 is 2.08 bits per heavy atom. The minimum Gasteiger partial charge on any atom is -0.466 e. The van der Waals surface area contributed by atoms with Gasteiger partial charge in [0, 0.05) is 6.08 Å². The molecule has 1 rings (SSSR count). The van der Waals surface area contributed by atoms with Gasteiger partial charge in [-0.15, -0.1) is 0 Å². The summed E-state index contributed by atoms with van der Waals surface area (Å²) in [4.78, 5) is 9.84. The first-order valence-electron chi connectivity index (χ1n) is 4.72. The highest BCUT2D eigenvalue weighted by Crippen LogP contribution is 2.23. The third-order valence-electron chi connectivity index (χ3n) is 2.07. The summed E-state index contributed by atoms with van der Waals surface area (Å²) in [6.45, 7) is 5.43. The number of methoxy groups -OCH3 is 1. The number of rotatable bonds is 1. The molecule has 0 unspecified atom stereocenters. The van der Waals surface area contributed by atoms with Crippen molar-refractivity contribution in [3.8, 4) is 0 Å². The molecular formula is C11H19O2. The first kappa shape index (κ1) is 12.2. The summed E-state index contributed by atoms with van der Waals surface area (Å²) in [7, 11) is 1.31. The molecule has 0 heterocycles. The average molecular weight is 183 g/mol. The molecule has 0 aromatic heterocycles. The fraction of sp³-hybridized carbons (Fsp3) is 0.636. The number of carbonyl (C=O) groups is 1. The fourth-order valence-corrected chi connectivity index (χ4v) is 1.24. The summed E-state index contributed by atoms with van der Waals surface area (Å²) >= 11 is 0. The van der Waals surface area contributed by atoms with Crippen LogP contribution in [0.5, 0.6) is 0 Å². The van der Waals surface area contributed by atoms with Gasteiger partial charge in [0.15, 0.2) is 0 Å². The number of esters is 1. The smallest absolute Gasteiger partial charge is 0.329 e. The molecule has 0 aromatic rings. The van der Waals surface area contributed by atoms with Gasteiger partial charge in [0.1, 0.15) is 0 Å². The summed E-state index contributed by atoms with van der Waals surface area (Å²) in [5, 5.41) is 0. The van der Waals surface area contributed by atoms with Crippen molar-refractivity contribution in [2.75, 3.05) is 7.11 Å². The van der Waals surface area contributed by atoms with E-state index in [0.29, 0.717) is 0 Å². The van der Waals surface area contributed by atoms with Gasteiger partial charge in [-0.3, -0.25) is 0 Å². The predicted octanol–water partition coefficient (Wildman–Crippen LogP) is 2.89. The lowest BCUT2D eigenvalue weighted by Crippen LogP contribution is -1.97. The summed E-state index contributed by atoms with van der Waals surface area (Å²) in [6, 6.07) is 0. The normalized spacial score (nSPS) is 16.8. The van der Waals surface area contributed by atoms with Gasteiger partial charge in [0.2, 0.25) is 0 Å². The molecule has 1 aliphatic carbocycles. The lowest BCUT2D eigenvalue weighted by Gasteiger charge is -2.14. The predicted molar refractivity (Wildman–Crippen MR) is 54.2 cm³/mol. The highest BCUT2D eigenvalue weighted by molar-refractivity contribution is 5.80. The molecule has 0 atom stereocenters.